The molecule has 0 aliphatic rings. The van der Waals surface area contributed by atoms with Crippen molar-refractivity contribution < 1.29 is 4.79 Å². The molecular weight excluding hydrogens is 320 g/mol. The molecule has 0 fully saturated rings. The minimum absolute atomic E-state index is 0.0263. The van der Waals surface area contributed by atoms with Crippen molar-refractivity contribution in [1.82, 2.24) is 19.7 Å². The van der Waals surface area contributed by atoms with E-state index in [0.29, 0.717) is 5.56 Å². The molecule has 2 heterocycles. The predicted molar refractivity (Wildman–Crippen MR) is 95.7 cm³/mol. The Hall–Kier alpha value is -2.47. The Kier molecular flexibility index (Phi) is 4.49. The van der Waals surface area contributed by atoms with Gasteiger partial charge in [0.2, 0.25) is 0 Å². The molecule has 0 aliphatic heterocycles. The number of aromatic nitrogens is 3. The van der Waals surface area contributed by atoms with Crippen molar-refractivity contribution >= 4 is 17.2 Å². The molecule has 5 nitrogen and oxygen atoms in total. The number of aryl methyl sites for hydroxylation is 2. The quantitative estimate of drug-likeness (QED) is 0.726. The van der Waals surface area contributed by atoms with Crippen LogP contribution in [0.25, 0.3) is 5.69 Å². The van der Waals surface area contributed by atoms with Gasteiger partial charge in [-0.2, -0.15) is 5.10 Å². The third-order valence-electron chi connectivity index (χ3n) is 4.10. The normalized spacial score (nSPS) is 12.2. The summed E-state index contributed by atoms with van der Waals surface area (Å²) in [5, 5.41) is 5.24. The number of hydrogen-bond donors (Lipinski definition) is 0. The Balaban J connectivity index is 1.86. The third kappa shape index (κ3) is 3.10. The maximum absolute atomic E-state index is 12.9. The van der Waals surface area contributed by atoms with Crippen LogP contribution in [0, 0.1) is 13.8 Å². The number of carbonyl (C=O) groups excluding carboxylic acids is 1. The second-order valence-electron chi connectivity index (χ2n) is 5.77. The van der Waals surface area contributed by atoms with E-state index in [1.165, 1.54) is 0 Å². The zero-order valence-electron chi connectivity index (χ0n) is 14.2. The van der Waals surface area contributed by atoms with Gasteiger partial charge in [0.05, 0.1) is 22.4 Å². The topological polar surface area (TPSA) is 51.0 Å². The van der Waals surface area contributed by atoms with E-state index in [9.17, 15) is 4.79 Å². The summed E-state index contributed by atoms with van der Waals surface area (Å²) in [7, 11) is 1.82. The Labute approximate surface area is 145 Å². The maximum Gasteiger partial charge on any atom is 0.254 e. The van der Waals surface area contributed by atoms with Crippen LogP contribution in [0.5, 0.6) is 0 Å². The van der Waals surface area contributed by atoms with E-state index in [2.05, 4.69) is 10.1 Å². The van der Waals surface area contributed by atoms with Gasteiger partial charge in [-0.1, -0.05) is 6.07 Å². The zero-order chi connectivity index (χ0) is 17.3. The molecular formula is C18H20N4OS. The van der Waals surface area contributed by atoms with Crippen molar-refractivity contribution in [2.75, 3.05) is 7.05 Å². The predicted octanol–water partition coefficient (Wildman–Crippen LogP) is 3.78. The molecule has 2 aromatic heterocycles. The van der Waals surface area contributed by atoms with Gasteiger partial charge in [-0.25, -0.2) is 9.67 Å². The lowest BCUT2D eigenvalue weighted by Crippen LogP contribution is -2.30. The highest BCUT2D eigenvalue weighted by Gasteiger charge is 2.22. The molecule has 0 bridgehead atoms. The first-order valence-corrected chi connectivity index (χ1v) is 8.60. The van der Waals surface area contributed by atoms with Crippen molar-refractivity contribution in [2.45, 2.75) is 26.8 Å². The lowest BCUT2D eigenvalue weighted by molar-refractivity contribution is 0.0739. The lowest BCUT2D eigenvalue weighted by atomic mass is 10.1. The molecule has 3 aromatic rings. The maximum atomic E-state index is 12.9. The number of hydrogen-bond acceptors (Lipinski definition) is 4. The smallest absolute Gasteiger partial charge is 0.254 e. The molecule has 0 aliphatic carbocycles. The fourth-order valence-corrected chi connectivity index (χ4v) is 3.61. The van der Waals surface area contributed by atoms with Crippen LogP contribution in [0.15, 0.2) is 42.7 Å². The first kappa shape index (κ1) is 16.4. The van der Waals surface area contributed by atoms with Crippen LogP contribution in [0.3, 0.4) is 0 Å². The highest BCUT2D eigenvalue weighted by atomic mass is 32.1. The Bertz CT molecular complexity index is 854. The second kappa shape index (κ2) is 6.57. The number of nitrogens with zero attached hydrogens (tertiary/aromatic N) is 4. The summed E-state index contributed by atoms with van der Waals surface area (Å²) in [6, 6.07) is 9.28. The summed E-state index contributed by atoms with van der Waals surface area (Å²) in [6.07, 6.45) is 3.58. The molecule has 3 rings (SSSR count). The molecule has 0 N–H and O–H groups in total. The molecule has 0 saturated heterocycles. The van der Waals surface area contributed by atoms with E-state index in [0.717, 1.165) is 21.3 Å². The molecule has 1 aromatic carbocycles. The molecule has 0 unspecified atom stereocenters. The van der Waals surface area contributed by atoms with E-state index in [4.69, 9.17) is 0 Å². The van der Waals surface area contributed by atoms with Gasteiger partial charge in [0.1, 0.15) is 0 Å². The van der Waals surface area contributed by atoms with Gasteiger partial charge in [0, 0.05) is 29.9 Å². The fourth-order valence-electron chi connectivity index (χ4n) is 2.70. The molecule has 1 amide bonds. The van der Waals surface area contributed by atoms with Crippen molar-refractivity contribution in [1.29, 1.82) is 0 Å². The summed E-state index contributed by atoms with van der Waals surface area (Å²) < 4.78 is 1.74. The average molecular weight is 340 g/mol. The van der Waals surface area contributed by atoms with Crippen molar-refractivity contribution in [3.8, 4) is 5.69 Å². The van der Waals surface area contributed by atoms with E-state index in [1.807, 2.05) is 64.3 Å². The Morgan fingerprint density at radius 2 is 2.08 bits per heavy atom. The number of rotatable bonds is 4. The summed E-state index contributed by atoms with van der Waals surface area (Å²) in [6.45, 7) is 6.05. The monoisotopic (exact) mass is 340 g/mol. The third-order valence-corrected chi connectivity index (χ3v) is 5.00. The van der Waals surface area contributed by atoms with Crippen LogP contribution in [0.1, 0.15) is 38.9 Å². The summed E-state index contributed by atoms with van der Waals surface area (Å²) in [5.74, 6) is -0.0263. The first-order chi connectivity index (χ1) is 11.5. The molecule has 6 heteroatoms. The van der Waals surface area contributed by atoms with Gasteiger partial charge in [0.15, 0.2) is 0 Å². The lowest BCUT2D eigenvalue weighted by Gasteiger charge is -2.24. The minimum atomic E-state index is -0.0733. The SMILES string of the molecule is Cc1nc([C@@H](C)N(C)C(=O)c2cccc(-n3cccn3)c2)c(C)s1. The van der Waals surface area contributed by atoms with Gasteiger partial charge in [0.25, 0.3) is 5.91 Å². The Morgan fingerprint density at radius 3 is 2.71 bits per heavy atom. The standard InChI is InChI=1S/C18H20N4OS/c1-12(17-13(2)24-14(3)20-17)21(4)18(23)15-7-5-8-16(11-15)22-10-6-9-19-22/h5-12H,1-4H3/t12-/m1/s1. The zero-order valence-corrected chi connectivity index (χ0v) is 15.0. The molecule has 0 spiro atoms. The molecule has 124 valence electrons. The van der Waals surface area contributed by atoms with Crippen molar-refractivity contribution in [3.05, 3.63) is 63.9 Å². The van der Waals surface area contributed by atoms with Crippen LogP contribution in [-0.4, -0.2) is 32.6 Å². The van der Waals surface area contributed by atoms with Gasteiger partial charge in [-0.15, -0.1) is 11.3 Å². The van der Waals surface area contributed by atoms with E-state index < -0.39 is 0 Å². The summed E-state index contributed by atoms with van der Waals surface area (Å²) in [4.78, 5) is 20.3. The molecule has 0 saturated carbocycles. The van der Waals surface area contributed by atoms with Crippen LogP contribution < -0.4 is 0 Å². The summed E-state index contributed by atoms with van der Waals surface area (Å²) in [5.41, 5.74) is 2.48. The molecule has 24 heavy (non-hydrogen) atoms. The van der Waals surface area contributed by atoms with Gasteiger partial charge in [-0.05, 0) is 45.0 Å². The van der Waals surface area contributed by atoms with Crippen LogP contribution in [0.2, 0.25) is 0 Å². The highest BCUT2D eigenvalue weighted by molar-refractivity contribution is 7.11. The Morgan fingerprint density at radius 1 is 1.29 bits per heavy atom. The van der Waals surface area contributed by atoms with E-state index >= 15 is 0 Å². The van der Waals surface area contributed by atoms with E-state index in [1.54, 1.807) is 27.1 Å². The van der Waals surface area contributed by atoms with Gasteiger partial charge in [-0.3, -0.25) is 4.79 Å². The molecule has 1 atom stereocenters. The number of benzene rings is 1. The minimum Gasteiger partial charge on any atom is -0.333 e. The van der Waals surface area contributed by atoms with Crippen LogP contribution in [0.4, 0.5) is 0 Å². The van der Waals surface area contributed by atoms with Crippen molar-refractivity contribution in [3.63, 3.8) is 0 Å². The van der Waals surface area contributed by atoms with Crippen molar-refractivity contribution in [2.24, 2.45) is 0 Å². The van der Waals surface area contributed by atoms with E-state index in [-0.39, 0.29) is 11.9 Å². The second-order valence-corrected chi connectivity index (χ2v) is 7.17. The average Bonchev–Trinajstić information content (AvgIpc) is 3.22. The summed E-state index contributed by atoms with van der Waals surface area (Å²) >= 11 is 1.66. The van der Waals surface area contributed by atoms with Gasteiger partial charge < -0.3 is 4.90 Å². The van der Waals surface area contributed by atoms with Gasteiger partial charge >= 0.3 is 0 Å². The fraction of sp³-hybridized carbons (Fsp3) is 0.278. The first-order valence-electron chi connectivity index (χ1n) is 7.78. The van der Waals surface area contributed by atoms with Crippen LogP contribution >= 0.6 is 11.3 Å². The number of thiazole rings is 1. The molecule has 0 radical (unpaired) electrons. The van der Waals surface area contributed by atoms with Crippen LogP contribution in [-0.2, 0) is 0 Å². The number of carbonyl (C=O) groups is 1. The highest BCUT2D eigenvalue weighted by Crippen LogP contribution is 2.27. The largest absolute Gasteiger partial charge is 0.333 e. The number of amides is 1.